The number of anilines is 1. The SMILES string of the molecule is ClC1=CCNc2c3c([nH]c2=C1)=C([C@H]1CC[C@H](Oc2ccccc2)CC1)N=NC3. The van der Waals surface area contributed by atoms with E-state index in [4.69, 9.17) is 16.3 Å². The number of allylic oxidation sites excluding steroid dienone is 1. The van der Waals surface area contributed by atoms with Crippen LogP contribution in [0.3, 0.4) is 0 Å². The van der Waals surface area contributed by atoms with Crippen molar-refractivity contribution in [1.82, 2.24) is 4.98 Å². The fourth-order valence-corrected chi connectivity index (χ4v) is 4.54. The molecule has 1 aromatic heterocycles. The van der Waals surface area contributed by atoms with Crippen molar-refractivity contribution in [3.8, 4) is 5.75 Å². The van der Waals surface area contributed by atoms with E-state index in [0.717, 1.165) is 65.1 Å². The van der Waals surface area contributed by atoms with Crippen molar-refractivity contribution in [2.75, 3.05) is 11.9 Å². The molecule has 6 heteroatoms. The summed E-state index contributed by atoms with van der Waals surface area (Å²) < 4.78 is 6.15. The normalized spacial score (nSPS) is 23.6. The minimum atomic E-state index is 0.276. The molecule has 0 saturated heterocycles. The number of nitrogens with zero attached hydrogens (tertiary/aromatic N) is 2. The molecule has 0 amide bonds. The minimum absolute atomic E-state index is 0.276. The van der Waals surface area contributed by atoms with Crippen molar-refractivity contribution in [3.63, 3.8) is 0 Å². The molecule has 5 nitrogen and oxygen atoms in total. The summed E-state index contributed by atoms with van der Waals surface area (Å²) in [5.41, 5.74) is 3.40. The fraction of sp³-hybridized carbons (Fsp3) is 0.364. The van der Waals surface area contributed by atoms with Crippen molar-refractivity contribution in [1.29, 1.82) is 0 Å². The summed E-state index contributed by atoms with van der Waals surface area (Å²) in [5.74, 6) is 1.37. The van der Waals surface area contributed by atoms with Crippen LogP contribution >= 0.6 is 11.6 Å². The Hall–Kier alpha value is -2.53. The van der Waals surface area contributed by atoms with Crippen LogP contribution in [0.4, 0.5) is 5.69 Å². The number of azo groups is 1. The van der Waals surface area contributed by atoms with Crippen molar-refractivity contribution in [2.45, 2.75) is 38.3 Å². The van der Waals surface area contributed by atoms with Crippen LogP contribution in [0.1, 0.15) is 31.2 Å². The molecule has 1 aromatic carbocycles. The van der Waals surface area contributed by atoms with Crippen LogP contribution in [0.5, 0.6) is 5.75 Å². The Kier molecular flexibility index (Phi) is 4.69. The number of H-pyrrole nitrogens is 1. The molecule has 1 saturated carbocycles. The van der Waals surface area contributed by atoms with Gasteiger partial charge in [0.05, 0.1) is 34.7 Å². The molecule has 144 valence electrons. The third-order valence-electron chi connectivity index (χ3n) is 5.76. The average Bonchev–Trinajstić information content (AvgIpc) is 2.95. The van der Waals surface area contributed by atoms with Crippen molar-refractivity contribution >= 4 is 29.1 Å². The molecule has 3 heterocycles. The summed E-state index contributed by atoms with van der Waals surface area (Å²) in [5, 5.41) is 15.4. The van der Waals surface area contributed by atoms with Crippen LogP contribution < -0.4 is 20.8 Å². The number of hydrogen-bond acceptors (Lipinski definition) is 4. The smallest absolute Gasteiger partial charge is 0.119 e. The molecule has 1 fully saturated rings. The largest absolute Gasteiger partial charge is 0.490 e. The van der Waals surface area contributed by atoms with E-state index < -0.39 is 0 Å². The number of halogens is 1. The lowest BCUT2D eigenvalue weighted by atomic mass is 9.84. The molecule has 0 atom stereocenters. The molecule has 1 aliphatic carbocycles. The highest BCUT2D eigenvalue weighted by atomic mass is 35.5. The Morgan fingerprint density at radius 3 is 2.71 bits per heavy atom. The predicted molar refractivity (Wildman–Crippen MR) is 112 cm³/mol. The molecule has 2 N–H and O–H groups in total. The number of para-hydroxylation sites is 1. The number of benzene rings is 1. The Bertz CT molecular complexity index is 1050. The van der Waals surface area contributed by atoms with Crippen LogP contribution in [0, 0.1) is 5.92 Å². The van der Waals surface area contributed by atoms with E-state index in [2.05, 4.69) is 20.5 Å². The molecular formula is C22H23ClN4O. The van der Waals surface area contributed by atoms with E-state index in [9.17, 15) is 0 Å². The van der Waals surface area contributed by atoms with Gasteiger partial charge in [0.2, 0.25) is 0 Å². The molecular weight excluding hydrogens is 372 g/mol. The van der Waals surface area contributed by atoms with Crippen LogP contribution in [-0.4, -0.2) is 17.6 Å². The lowest BCUT2D eigenvalue weighted by Crippen LogP contribution is -2.28. The number of hydrogen-bond donors (Lipinski definition) is 2. The van der Waals surface area contributed by atoms with Gasteiger partial charge in [0.15, 0.2) is 0 Å². The molecule has 28 heavy (non-hydrogen) atoms. The fourth-order valence-electron chi connectivity index (χ4n) is 4.36. The first-order valence-electron chi connectivity index (χ1n) is 9.93. The van der Waals surface area contributed by atoms with Gasteiger partial charge < -0.3 is 15.0 Å². The summed E-state index contributed by atoms with van der Waals surface area (Å²) in [6, 6.07) is 10.1. The summed E-state index contributed by atoms with van der Waals surface area (Å²) in [6.45, 7) is 1.33. The van der Waals surface area contributed by atoms with Crippen LogP contribution in [0.2, 0.25) is 0 Å². The van der Waals surface area contributed by atoms with Gasteiger partial charge in [-0.25, -0.2) is 0 Å². The maximum Gasteiger partial charge on any atom is 0.119 e. The molecule has 0 spiro atoms. The third-order valence-corrected chi connectivity index (χ3v) is 6.02. The zero-order valence-electron chi connectivity index (χ0n) is 15.6. The zero-order valence-corrected chi connectivity index (χ0v) is 16.4. The van der Waals surface area contributed by atoms with Gasteiger partial charge in [0.25, 0.3) is 0 Å². The van der Waals surface area contributed by atoms with Gasteiger partial charge in [-0.15, -0.1) is 0 Å². The van der Waals surface area contributed by atoms with E-state index >= 15 is 0 Å². The minimum Gasteiger partial charge on any atom is -0.490 e. The number of ether oxygens (including phenoxy) is 1. The number of nitrogens with one attached hydrogen (secondary N) is 2. The first-order valence-corrected chi connectivity index (χ1v) is 10.3. The number of aromatic amines is 1. The standard InChI is InChI=1S/C22H23ClN4O/c23-15-10-11-24-21-18-13-25-27-20(22(18)26-19(21)12-15)14-6-8-17(9-7-14)28-16-4-2-1-3-5-16/h1-5,10,12,14,17,24,26H,6-9,11,13H2/t14-,17-. The van der Waals surface area contributed by atoms with Crippen molar-refractivity contribution < 1.29 is 4.74 Å². The second-order valence-corrected chi connectivity index (χ2v) is 8.01. The van der Waals surface area contributed by atoms with E-state index in [1.165, 1.54) is 5.56 Å². The van der Waals surface area contributed by atoms with Gasteiger partial charge in [-0.1, -0.05) is 29.8 Å². The molecule has 2 aromatic rings. The second-order valence-electron chi connectivity index (χ2n) is 7.57. The summed E-state index contributed by atoms with van der Waals surface area (Å²) in [6.07, 6.45) is 8.43. The van der Waals surface area contributed by atoms with Gasteiger partial charge in [-0.3, -0.25) is 0 Å². The quantitative estimate of drug-likeness (QED) is 0.824. The summed E-state index contributed by atoms with van der Waals surface area (Å²) in [7, 11) is 0. The van der Waals surface area contributed by atoms with Crippen LogP contribution in [0.15, 0.2) is 51.7 Å². The Morgan fingerprint density at radius 1 is 1.07 bits per heavy atom. The summed E-state index contributed by atoms with van der Waals surface area (Å²) in [4.78, 5) is 3.56. The van der Waals surface area contributed by atoms with Gasteiger partial charge in [-0.2, -0.15) is 10.2 Å². The predicted octanol–water partition coefficient (Wildman–Crippen LogP) is 4.06. The Labute approximate surface area is 168 Å². The highest BCUT2D eigenvalue weighted by Crippen LogP contribution is 2.34. The molecule has 0 unspecified atom stereocenters. The number of rotatable bonds is 3. The zero-order chi connectivity index (χ0) is 18.9. The third kappa shape index (κ3) is 3.35. The number of fused-ring (bicyclic) bond motifs is 3. The maximum atomic E-state index is 6.26. The van der Waals surface area contributed by atoms with E-state index in [0.29, 0.717) is 12.5 Å². The van der Waals surface area contributed by atoms with Crippen LogP contribution in [-0.2, 0) is 6.54 Å². The first kappa shape index (κ1) is 17.6. The second kappa shape index (κ2) is 7.47. The molecule has 0 bridgehead atoms. The van der Waals surface area contributed by atoms with E-state index in [1.807, 2.05) is 42.5 Å². The lowest BCUT2D eigenvalue weighted by molar-refractivity contribution is 0.142. The monoisotopic (exact) mass is 394 g/mol. The molecule has 2 aliphatic heterocycles. The van der Waals surface area contributed by atoms with Gasteiger partial charge in [-0.05, 0) is 50.0 Å². The van der Waals surface area contributed by atoms with Crippen molar-refractivity contribution in [2.24, 2.45) is 16.1 Å². The highest BCUT2D eigenvalue weighted by Gasteiger charge is 2.28. The van der Waals surface area contributed by atoms with E-state index in [1.54, 1.807) is 0 Å². The first-order chi connectivity index (χ1) is 13.8. The molecule has 3 aliphatic rings. The molecule has 5 rings (SSSR count). The Morgan fingerprint density at radius 2 is 1.89 bits per heavy atom. The van der Waals surface area contributed by atoms with Gasteiger partial charge >= 0.3 is 0 Å². The lowest BCUT2D eigenvalue weighted by Gasteiger charge is -2.29. The highest BCUT2D eigenvalue weighted by molar-refractivity contribution is 6.34. The Balaban J connectivity index is 1.39. The maximum absolute atomic E-state index is 6.26. The van der Waals surface area contributed by atoms with E-state index in [-0.39, 0.29) is 6.10 Å². The topological polar surface area (TPSA) is 61.8 Å². The van der Waals surface area contributed by atoms with Gasteiger partial charge in [0, 0.05) is 23.1 Å². The van der Waals surface area contributed by atoms with Crippen molar-refractivity contribution in [3.05, 3.63) is 57.7 Å². The molecule has 0 radical (unpaired) electrons. The van der Waals surface area contributed by atoms with Crippen LogP contribution in [0.25, 0.3) is 11.8 Å². The van der Waals surface area contributed by atoms with Gasteiger partial charge in [0.1, 0.15) is 5.75 Å². The average molecular weight is 395 g/mol. The summed E-state index contributed by atoms with van der Waals surface area (Å²) >= 11 is 6.26. The number of aromatic nitrogens is 1.